The van der Waals surface area contributed by atoms with Gasteiger partial charge in [-0.25, -0.2) is 4.79 Å². The summed E-state index contributed by atoms with van der Waals surface area (Å²) in [5.41, 5.74) is 4.62. The average Bonchev–Trinajstić information content (AvgIpc) is 3.21. The summed E-state index contributed by atoms with van der Waals surface area (Å²) >= 11 is 0. The summed E-state index contributed by atoms with van der Waals surface area (Å²) in [5, 5.41) is 8.11. The third-order valence-electron chi connectivity index (χ3n) is 7.33. The number of rotatable bonds is 11. The van der Waals surface area contributed by atoms with E-state index in [-0.39, 0.29) is 30.2 Å². The highest BCUT2D eigenvalue weighted by Crippen LogP contribution is 2.33. The molecular formula is C26H43N5O5. The number of nitrogens with zero attached hydrogens (tertiary/aromatic N) is 1. The summed E-state index contributed by atoms with van der Waals surface area (Å²) in [7, 11) is 0. The molecule has 0 aromatic heterocycles. The third-order valence-corrected chi connectivity index (χ3v) is 7.33. The standard InChI is InChI=1S/C26H43N5O5/c1-7-11-28-25(36)30-21(26(4,5)6)24(35)31-14-17(15(2)3)13-19(31)23(34)29-18(20(32)22(27)33)12-16-9-8-10-16/h7,15-19,21H,1,8-14H2,2-6H3,(H2,27,33)(H,29,34)(H2,28,30,36)/t17-,18?,19+,21-/m1/s1. The van der Waals surface area contributed by atoms with Crippen molar-refractivity contribution in [2.24, 2.45) is 28.9 Å². The fraction of sp³-hybridized carbons (Fsp3) is 0.731. The molecule has 0 aromatic rings. The Labute approximate surface area is 214 Å². The molecule has 1 unspecified atom stereocenters. The van der Waals surface area contributed by atoms with Gasteiger partial charge in [-0.1, -0.05) is 60.0 Å². The number of hydrogen-bond acceptors (Lipinski definition) is 5. The molecule has 10 heteroatoms. The summed E-state index contributed by atoms with van der Waals surface area (Å²) in [6, 6.07) is -3.22. The fourth-order valence-electron chi connectivity index (χ4n) is 4.74. The molecule has 202 valence electrons. The Morgan fingerprint density at radius 2 is 1.75 bits per heavy atom. The Hall–Kier alpha value is -2.91. The lowest BCUT2D eigenvalue weighted by molar-refractivity contribution is -0.143. The minimum absolute atomic E-state index is 0.0665. The predicted molar refractivity (Wildman–Crippen MR) is 137 cm³/mol. The lowest BCUT2D eigenvalue weighted by Gasteiger charge is -2.36. The molecule has 0 aromatic carbocycles. The largest absolute Gasteiger partial charge is 0.363 e. The van der Waals surface area contributed by atoms with Crippen LogP contribution in [0.4, 0.5) is 4.79 Å². The molecule has 1 heterocycles. The van der Waals surface area contributed by atoms with Crippen molar-refractivity contribution < 1.29 is 24.0 Å². The second-order valence-electron chi connectivity index (χ2n) is 11.5. The molecule has 0 spiro atoms. The second kappa shape index (κ2) is 12.4. The highest BCUT2D eigenvalue weighted by Gasteiger charge is 2.46. The molecule has 2 aliphatic rings. The number of carbonyl (C=O) groups is 5. The van der Waals surface area contributed by atoms with Crippen molar-refractivity contribution in [2.75, 3.05) is 13.1 Å². The Balaban J connectivity index is 2.27. The van der Waals surface area contributed by atoms with E-state index in [1.165, 1.54) is 11.0 Å². The fourth-order valence-corrected chi connectivity index (χ4v) is 4.74. The van der Waals surface area contributed by atoms with E-state index in [0.29, 0.717) is 19.4 Å². The normalized spacial score (nSPS) is 21.8. The molecule has 1 saturated heterocycles. The summed E-state index contributed by atoms with van der Waals surface area (Å²) < 4.78 is 0. The molecule has 1 aliphatic carbocycles. The monoisotopic (exact) mass is 505 g/mol. The first-order valence-electron chi connectivity index (χ1n) is 12.9. The molecule has 5 amide bonds. The quantitative estimate of drug-likeness (QED) is 0.248. The van der Waals surface area contributed by atoms with E-state index >= 15 is 0 Å². The molecule has 36 heavy (non-hydrogen) atoms. The van der Waals surface area contributed by atoms with Gasteiger partial charge in [-0.3, -0.25) is 19.2 Å². The highest BCUT2D eigenvalue weighted by atomic mass is 16.2. The van der Waals surface area contributed by atoms with Gasteiger partial charge in [-0.2, -0.15) is 0 Å². The molecule has 1 aliphatic heterocycles. The minimum atomic E-state index is -1.08. The molecule has 10 nitrogen and oxygen atoms in total. The summed E-state index contributed by atoms with van der Waals surface area (Å²) in [6.45, 7) is 13.8. The number of Topliss-reactive ketones (excluding diaryl/α,β-unsaturated/α-hetero) is 1. The molecule has 4 atom stereocenters. The van der Waals surface area contributed by atoms with Gasteiger partial charge in [-0.05, 0) is 36.0 Å². The number of nitrogens with one attached hydrogen (secondary N) is 3. The van der Waals surface area contributed by atoms with Crippen LogP contribution in [0.3, 0.4) is 0 Å². The molecule has 0 radical (unpaired) electrons. The zero-order valence-corrected chi connectivity index (χ0v) is 22.3. The molecule has 2 rings (SSSR count). The van der Waals surface area contributed by atoms with E-state index in [4.69, 9.17) is 5.73 Å². The number of amides is 5. The molecule has 2 fully saturated rings. The van der Waals surface area contributed by atoms with Crippen LogP contribution in [-0.4, -0.2) is 65.7 Å². The average molecular weight is 506 g/mol. The van der Waals surface area contributed by atoms with Crippen LogP contribution in [0, 0.1) is 23.2 Å². The Morgan fingerprint density at radius 3 is 2.22 bits per heavy atom. The van der Waals surface area contributed by atoms with Gasteiger partial charge in [0.1, 0.15) is 12.1 Å². The van der Waals surface area contributed by atoms with Gasteiger partial charge in [0.25, 0.3) is 5.91 Å². The van der Waals surface area contributed by atoms with Crippen LogP contribution in [0.5, 0.6) is 0 Å². The first kappa shape index (κ1) is 29.3. The van der Waals surface area contributed by atoms with Gasteiger partial charge in [-0.15, -0.1) is 6.58 Å². The van der Waals surface area contributed by atoms with Crippen molar-refractivity contribution in [1.29, 1.82) is 0 Å². The van der Waals surface area contributed by atoms with Gasteiger partial charge in [0.05, 0.1) is 6.04 Å². The summed E-state index contributed by atoms with van der Waals surface area (Å²) in [4.78, 5) is 65.3. The molecule has 5 N–H and O–H groups in total. The van der Waals surface area contributed by atoms with Crippen LogP contribution in [0.2, 0.25) is 0 Å². The van der Waals surface area contributed by atoms with Crippen molar-refractivity contribution in [2.45, 2.75) is 84.8 Å². The van der Waals surface area contributed by atoms with E-state index in [0.717, 1.165) is 19.3 Å². The predicted octanol–water partition coefficient (Wildman–Crippen LogP) is 1.49. The van der Waals surface area contributed by atoms with Gasteiger partial charge in [0, 0.05) is 13.1 Å². The SMILES string of the molecule is C=CCNC(=O)N[C@H](C(=O)N1C[C@H](C(C)C)C[C@H]1C(=O)NC(CC1CCC1)C(=O)C(N)=O)C(C)(C)C. The van der Waals surface area contributed by atoms with E-state index in [9.17, 15) is 24.0 Å². The van der Waals surface area contributed by atoms with Crippen LogP contribution < -0.4 is 21.7 Å². The molecule has 0 bridgehead atoms. The van der Waals surface area contributed by atoms with Crippen LogP contribution in [0.15, 0.2) is 12.7 Å². The van der Waals surface area contributed by atoms with Crippen molar-refractivity contribution in [3.63, 3.8) is 0 Å². The van der Waals surface area contributed by atoms with Gasteiger partial charge in [0.15, 0.2) is 0 Å². The first-order chi connectivity index (χ1) is 16.8. The second-order valence-corrected chi connectivity index (χ2v) is 11.5. The lowest BCUT2D eigenvalue weighted by Crippen LogP contribution is -2.60. The van der Waals surface area contributed by atoms with Crippen LogP contribution >= 0.6 is 0 Å². The number of urea groups is 1. The first-order valence-corrected chi connectivity index (χ1v) is 12.9. The van der Waals surface area contributed by atoms with Crippen molar-refractivity contribution in [3.8, 4) is 0 Å². The number of ketones is 1. The summed E-state index contributed by atoms with van der Waals surface area (Å²) in [5.74, 6) is -2.21. The molecule has 1 saturated carbocycles. The topological polar surface area (TPSA) is 151 Å². The van der Waals surface area contributed by atoms with Gasteiger partial charge >= 0.3 is 6.03 Å². The van der Waals surface area contributed by atoms with Crippen molar-refractivity contribution in [3.05, 3.63) is 12.7 Å². The smallest absolute Gasteiger partial charge is 0.315 e. The number of carbonyl (C=O) groups excluding carboxylic acids is 5. The Bertz CT molecular complexity index is 861. The highest BCUT2D eigenvalue weighted by molar-refractivity contribution is 6.37. The van der Waals surface area contributed by atoms with Gasteiger partial charge in [0.2, 0.25) is 17.6 Å². The van der Waals surface area contributed by atoms with Crippen LogP contribution in [0.1, 0.15) is 66.7 Å². The van der Waals surface area contributed by atoms with E-state index in [1.54, 1.807) is 0 Å². The van der Waals surface area contributed by atoms with Crippen molar-refractivity contribution >= 4 is 29.5 Å². The summed E-state index contributed by atoms with van der Waals surface area (Å²) in [6.07, 6.45) is 5.25. The zero-order valence-electron chi connectivity index (χ0n) is 22.3. The number of hydrogen-bond donors (Lipinski definition) is 4. The zero-order chi connectivity index (χ0) is 27.2. The van der Waals surface area contributed by atoms with E-state index in [1.807, 2.05) is 34.6 Å². The van der Waals surface area contributed by atoms with Crippen molar-refractivity contribution in [1.82, 2.24) is 20.9 Å². The maximum atomic E-state index is 13.8. The number of primary amides is 1. The third kappa shape index (κ3) is 7.54. The number of nitrogens with two attached hydrogens (primary N) is 1. The van der Waals surface area contributed by atoms with Crippen LogP contribution in [0.25, 0.3) is 0 Å². The van der Waals surface area contributed by atoms with Crippen LogP contribution in [-0.2, 0) is 19.2 Å². The number of likely N-dealkylation sites (tertiary alicyclic amines) is 1. The molecular weight excluding hydrogens is 462 g/mol. The van der Waals surface area contributed by atoms with E-state index in [2.05, 4.69) is 22.5 Å². The van der Waals surface area contributed by atoms with E-state index < -0.39 is 47.2 Å². The maximum Gasteiger partial charge on any atom is 0.315 e. The van der Waals surface area contributed by atoms with Gasteiger partial charge < -0.3 is 26.6 Å². The maximum absolute atomic E-state index is 13.8. The lowest BCUT2D eigenvalue weighted by atomic mass is 9.80. The Kier molecular flexibility index (Phi) is 10.1. The Morgan fingerprint density at radius 1 is 1.11 bits per heavy atom. The minimum Gasteiger partial charge on any atom is -0.363 e.